The monoisotopic (exact) mass is 449 g/mol. The Morgan fingerprint density at radius 3 is 2.64 bits per heavy atom. The molecular weight excluding hydrogens is 425 g/mol. The first-order chi connectivity index (χ1) is 13.3. The number of rotatable bonds is 6. The number of pyridine rings is 1. The zero-order valence-electron chi connectivity index (χ0n) is 16.3. The summed E-state index contributed by atoms with van der Waals surface area (Å²) in [5.74, 6) is -0.287. The summed E-state index contributed by atoms with van der Waals surface area (Å²) < 4.78 is 15.5. The van der Waals surface area contributed by atoms with Crippen molar-refractivity contribution in [2.75, 3.05) is 12.0 Å². The van der Waals surface area contributed by atoms with Crippen LogP contribution in [-0.4, -0.2) is 17.1 Å². The molecule has 1 fully saturated rings. The summed E-state index contributed by atoms with van der Waals surface area (Å²) in [6.45, 7) is 5.93. The molecule has 150 valence electrons. The molecule has 28 heavy (non-hydrogen) atoms. The molecule has 0 radical (unpaired) electrons. The summed E-state index contributed by atoms with van der Waals surface area (Å²) in [5.41, 5.74) is 5.13. The van der Waals surface area contributed by atoms with Gasteiger partial charge >= 0.3 is 0 Å². The Morgan fingerprint density at radius 1 is 1.36 bits per heavy atom. The van der Waals surface area contributed by atoms with Crippen LogP contribution >= 0.6 is 15.9 Å². The third-order valence-corrected chi connectivity index (χ3v) is 6.39. The van der Waals surface area contributed by atoms with Gasteiger partial charge in [-0.2, -0.15) is 0 Å². The van der Waals surface area contributed by atoms with E-state index in [4.69, 9.17) is 0 Å². The minimum atomic E-state index is -0.313. The number of nitrogens with zero attached hydrogens (tertiary/aromatic N) is 1. The van der Waals surface area contributed by atoms with Crippen LogP contribution in [0, 0.1) is 25.6 Å². The quantitative estimate of drug-likeness (QED) is 0.694. The largest absolute Gasteiger partial charge is 0.345 e. The van der Waals surface area contributed by atoms with Crippen LogP contribution in [-0.2, 0) is 0 Å². The number of benzene rings is 1. The summed E-state index contributed by atoms with van der Waals surface area (Å²) in [6, 6.07) is 6.15. The molecular formula is C21H25BrFN3O2. The highest BCUT2D eigenvalue weighted by atomic mass is 79.9. The van der Waals surface area contributed by atoms with Gasteiger partial charge in [0.1, 0.15) is 5.82 Å². The first-order valence-electron chi connectivity index (χ1n) is 9.57. The Bertz CT molecular complexity index is 953. The van der Waals surface area contributed by atoms with E-state index in [0.717, 1.165) is 24.8 Å². The maximum atomic E-state index is 13.8. The second-order valence-electron chi connectivity index (χ2n) is 7.25. The first-order valence-corrected chi connectivity index (χ1v) is 10.4. The number of amides is 1. The number of carbonyl (C=O) groups excluding carboxylic acids is 1. The summed E-state index contributed by atoms with van der Waals surface area (Å²) in [5, 5.41) is 3.11. The van der Waals surface area contributed by atoms with E-state index >= 15 is 0 Å². The molecule has 0 bridgehead atoms. The van der Waals surface area contributed by atoms with Crippen LogP contribution in [0.3, 0.4) is 0 Å². The van der Waals surface area contributed by atoms with Crippen molar-refractivity contribution in [1.29, 1.82) is 0 Å². The Balaban J connectivity index is 2.00. The van der Waals surface area contributed by atoms with Gasteiger partial charge in [0.05, 0.1) is 21.8 Å². The van der Waals surface area contributed by atoms with Crippen molar-refractivity contribution in [3.05, 3.63) is 67.3 Å². The molecule has 1 aromatic carbocycles. The molecule has 1 atom stereocenters. The summed E-state index contributed by atoms with van der Waals surface area (Å²) in [4.78, 5) is 25.8. The highest BCUT2D eigenvalue weighted by molar-refractivity contribution is 9.10. The molecule has 1 aliphatic carbocycles. The van der Waals surface area contributed by atoms with Crippen LogP contribution in [0.5, 0.6) is 0 Å². The molecule has 0 saturated heterocycles. The molecule has 0 spiro atoms. The Hall–Kier alpha value is -2.15. The predicted molar refractivity (Wildman–Crippen MR) is 112 cm³/mol. The van der Waals surface area contributed by atoms with Gasteiger partial charge in [0.25, 0.3) is 11.5 Å². The fraction of sp³-hybridized carbons (Fsp3) is 0.429. The highest BCUT2D eigenvalue weighted by Crippen LogP contribution is 2.38. The number of hydrogen-bond acceptors (Lipinski definition) is 3. The molecule has 5 nitrogen and oxygen atoms in total. The van der Waals surface area contributed by atoms with E-state index in [2.05, 4.69) is 26.7 Å². The molecule has 1 aromatic heterocycles. The number of nitrogens with one attached hydrogen (secondary N) is 2. The van der Waals surface area contributed by atoms with Gasteiger partial charge < -0.3 is 10.7 Å². The second kappa shape index (κ2) is 8.47. The van der Waals surface area contributed by atoms with E-state index in [1.54, 1.807) is 19.9 Å². The molecule has 1 amide bonds. The molecule has 2 aromatic rings. The average molecular weight is 450 g/mol. The molecule has 0 unspecified atom stereocenters. The smallest absolute Gasteiger partial charge is 0.283 e. The van der Waals surface area contributed by atoms with E-state index in [9.17, 15) is 14.0 Å². The zero-order valence-corrected chi connectivity index (χ0v) is 17.9. The van der Waals surface area contributed by atoms with Gasteiger partial charge in [-0.05, 0) is 78.7 Å². The molecule has 3 rings (SSSR count). The standard InChI is InChI=1S/C21H25BrFN3O2/c1-4-24-26-13(3)17(12(2)18(22)21(26)28)20(27)25-19(14-7-5-8-14)15-9-6-10-16(23)11-15/h6,9-11,14,19,24H,4-5,7-8H2,1-3H3,(H,25,27)/t19-/m0/s1. The topological polar surface area (TPSA) is 63.1 Å². The molecule has 0 aliphatic heterocycles. The lowest BCUT2D eigenvalue weighted by atomic mass is 9.77. The van der Waals surface area contributed by atoms with Crippen LogP contribution < -0.4 is 16.3 Å². The third-order valence-electron chi connectivity index (χ3n) is 5.45. The first kappa shape index (κ1) is 20.6. The fourth-order valence-corrected chi connectivity index (χ4v) is 4.12. The van der Waals surface area contributed by atoms with Crippen molar-refractivity contribution in [2.45, 2.75) is 46.1 Å². The van der Waals surface area contributed by atoms with Crippen molar-refractivity contribution in [3.63, 3.8) is 0 Å². The van der Waals surface area contributed by atoms with E-state index in [1.807, 2.05) is 13.0 Å². The van der Waals surface area contributed by atoms with E-state index < -0.39 is 0 Å². The molecule has 7 heteroatoms. The molecule has 1 saturated carbocycles. The van der Waals surface area contributed by atoms with Gasteiger partial charge in [0, 0.05) is 6.54 Å². The number of aromatic nitrogens is 1. The van der Waals surface area contributed by atoms with E-state index in [-0.39, 0.29) is 29.2 Å². The van der Waals surface area contributed by atoms with Gasteiger partial charge in [-0.1, -0.05) is 18.6 Å². The number of halogens is 2. The van der Waals surface area contributed by atoms with Crippen LogP contribution in [0.2, 0.25) is 0 Å². The third kappa shape index (κ3) is 3.85. The van der Waals surface area contributed by atoms with Crippen molar-refractivity contribution < 1.29 is 9.18 Å². The van der Waals surface area contributed by atoms with Crippen molar-refractivity contribution in [1.82, 2.24) is 9.99 Å². The zero-order chi connectivity index (χ0) is 20.4. The minimum Gasteiger partial charge on any atom is -0.345 e. The van der Waals surface area contributed by atoms with E-state index in [0.29, 0.717) is 27.8 Å². The molecule has 1 heterocycles. The van der Waals surface area contributed by atoms with Crippen LogP contribution in [0.25, 0.3) is 0 Å². The van der Waals surface area contributed by atoms with Gasteiger partial charge in [-0.3, -0.25) is 9.59 Å². The van der Waals surface area contributed by atoms with E-state index in [1.165, 1.54) is 16.8 Å². The average Bonchev–Trinajstić information content (AvgIpc) is 2.61. The van der Waals surface area contributed by atoms with Crippen LogP contribution in [0.1, 0.15) is 59.4 Å². The number of carbonyl (C=O) groups is 1. The van der Waals surface area contributed by atoms with Gasteiger partial charge in [0.15, 0.2) is 0 Å². The highest BCUT2D eigenvalue weighted by Gasteiger charge is 2.31. The summed E-state index contributed by atoms with van der Waals surface area (Å²) >= 11 is 3.32. The molecule has 1 aliphatic rings. The Kier molecular flexibility index (Phi) is 6.23. The summed E-state index contributed by atoms with van der Waals surface area (Å²) in [6.07, 6.45) is 3.11. The predicted octanol–water partition coefficient (Wildman–Crippen LogP) is 4.20. The van der Waals surface area contributed by atoms with Gasteiger partial charge in [-0.25, -0.2) is 9.07 Å². The lowest BCUT2D eigenvalue weighted by Crippen LogP contribution is -2.39. The van der Waals surface area contributed by atoms with Crippen molar-refractivity contribution >= 4 is 21.8 Å². The second-order valence-corrected chi connectivity index (χ2v) is 8.04. The normalized spacial score (nSPS) is 15.0. The Labute approximate surface area is 172 Å². The van der Waals surface area contributed by atoms with Gasteiger partial charge in [-0.15, -0.1) is 0 Å². The minimum absolute atomic E-state index is 0.228. The maximum Gasteiger partial charge on any atom is 0.283 e. The van der Waals surface area contributed by atoms with Gasteiger partial charge in [0.2, 0.25) is 0 Å². The lowest BCUT2D eigenvalue weighted by Gasteiger charge is -2.35. The van der Waals surface area contributed by atoms with Crippen LogP contribution in [0.15, 0.2) is 33.5 Å². The lowest BCUT2D eigenvalue weighted by molar-refractivity contribution is 0.0898. The molecule has 2 N–H and O–H groups in total. The van der Waals surface area contributed by atoms with Crippen molar-refractivity contribution in [2.24, 2.45) is 5.92 Å². The van der Waals surface area contributed by atoms with Crippen molar-refractivity contribution in [3.8, 4) is 0 Å². The van der Waals surface area contributed by atoms with Crippen LogP contribution in [0.4, 0.5) is 4.39 Å². The number of hydrogen-bond donors (Lipinski definition) is 2. The Morgan fingerprint density at radius 2 is 2.07 bits per heavy atom. The summed E-state index contributed by atoms with van der Waals surface area (Å²) in [7, 11) is 0. The SMILES string of the molecule is CCNn1c(C)c(C(=O)N[C@H](c2cccc(F)c2)C2CCC2)c(C)c(Br)c1=O. The maximum absolute atomic E-state index is 13.8. The fourth-order valence-electron chi connectivity index (χ4n) is 3.75.